The van der Waals surface area contributed by atoms with Gasteiger partial charge in [0.25, 0.3) is 0 Å². The Morgan fingerprint density at radius 3 is 2.00 bits per heavy atom. The third kappa shape index (κ3) is 9.33. The molecule has 10 heteroatoms. The lowest BCUT2D eigenvalue weighted by atomic mass is 10.2. The summed E-state index contributed by atoms with van der Waals surface area (Å²) in [6.45, 7) is 25.2. The molecule has 0 amide bonds. The summed E-state index contributed by atoms with van der Waals surface area (Å²) in [5, 5.41) is 18.4. The van der Waals surface area contributed by atoms with Gasteiger partial charge in [0, 0.05) is 11.1 Å². The van der Waals surface area contributed by atoms with Crippen molar-refractivity contribution in [3.63, 3.8) is 0 Å². The smallest absolute Gasteiger partial charge is 0.347 e. The standard InChI is InChI=1S/C16H16N2O3S.C12H12N2O.HI/c1-9(2)8-21-13-6-5-11(7-12(13)17-4)15-18-10(3)14(22-15)16(19)20;1-9(2)8-15-12-5-4-10(7-13)6-11(12)14-3;/h5-7,9H,8H2,1-3H3,(H,19,20);4-6,9H,8H2,1-2H3;1H. The number of thiazole rings is 1. The summed E-state index contributed by atoms with van der Waals surface area (Å²) in [6, 6.07) is 12.1. The molecule has 0 unspecified atom stereocenters. The van der Waals surface area contributed by atoms with E-state index in [2.05, 4.69) is 14.7 Å². The van der Waals surface area contributed by atoms with Crippen molar-refractivity contribution in [2.75, 3.05) is 13.2 Å². The van der Waals surface area contributed by atoms with Gasteiger partial charge in [0.05, 0.1) is 38.1 Å². The molecule has 0 fully saturated rings. The third-order valence-corrected chi connectivity index (χ3v) is 5.86. The average molecular weight is 645 g/mol. The highest BCUT2D eigenvalue weighted by Crippen LogP contribution is 2.35. The Bertz CT molecular complexity index is 1380. The molecule has 1 heterocycles. The van der Waals surface area contributed by atoms with Gasteiger partial charge in [-0.2, -0.15) is 5.26 Å². The average Bonchev–Trinajstić information content (AvgIpc) is 3.28. The Labute approximate surface area is 244 Å². The van der Waals surface area contributed by atoms with Crippen molar-refractivity contribution in [3.05, 3.63) is 75.4 Å². The first-order chi connectivity index (χ1) is 17.6. The molecule has 38 heavy (non-hydrogen) atoms. The summed E-state index contributed by atoms with van der Waals surface area (Å²) in [5.41, 5.74) is 2.50. The molecule has 0 atom stereocenters. The Kier molecular flexibility index (Phi) is 13.3. The van der Waals surface area contributed by atoms with Crippen LogP contribution in [-0.4, -0.2) is 29.3 Å². The van der Waals surface area contributed by atoms with Crippen molar-refractivity contribution in [2.45, 2.75) is 34.6 Å². The summed E-state index contributed by atoms with van der Waals surface area (Å²) in [6.07, 6.45) is 0. The summed E-state index contributed by atoms with van der Waals surface area (Å²) < 4.78 is 11.1. The molecule has 1 N–H and O–H groups in total. The maximum absolute atomic E-state index is 11.1. The molecule has 8 nitrogen and oxygen atoms in total. The van der Waals surface area contributed by atoms with E-state index in [0.29, 0.717) is 64.2 Å². The minimum absolute atomic E-state index is 0. The number of ether oxygens (including phenoxy) is 2. The molecule has 0 saturated heterocycles. The van der Waals surface area contributed by atoms with E-state index in [1.165, 1.54) is 0 Å². The highest BCUT2D eigenvalue weighted by molar-refractivity contribution is 14.0. The van der Waals surface area contributed by atoms with E-state index in [1.807, 2.05) is 33.8 Å². The van der Waals surface area contributed by atoms with Crippen LogP contribution in [0.1, 0.15) is 48.6 Å². The molecule has 0 bridgehead atoms. The third-order valence-electron chi connectivity index (χ3n) is 4.67. The number of carboxylic acids is 1. The molecule has 2 aromatic carbocycles. The van der Waals surface area contributed by atoms with Crippen LogP contribution in [0.4, 0.5) is 11.4 Å². The SMILES string of the molecule is I.[C-]#[N+]c1cc(-c2nc(C)c(C(=O)O)s2)ccc1OCC(C)C.[C-]#[N+]c1cc(C#N)ccc1OCC(C)C. The van der Waals surface area contributed by atoms with Crippen LogP contribution in [-0.2, 0) is 0 Å². The topological polar surface area (TPSA) is 101 Å². The lowest BCUT2D eigenvalue weighted by Crippen LogP contribution is -2.04. The molecule has 3 rings (SSSR count). The van der Waals surface area contributed by atoms with Gasteiger partial charge in [-0.1, -0.05) is 33.8 Å². The van der Waals surface area contributed by atoms with Crippen molar-refractivity contribution >= 4 is 52.7 Å². The molecule has 0 radical (unpaired) electrons. The number of halogens is 1. The predicted molar refractivity (Wildman–Crippen MR) is 159 cm³/mol. The van der Waals surface area contributed by atoms with Crippen molar-refractivity contribution in [3.8, 4) is 28.1 Å². The monoisotopic (exact) mass is 644 g/mol. The second kappa shape index (κ2) is 15.6. The normalized spacial score (nSPS) is 9.79. The number of rotatable bonds is 8. The minimum atomic E-state index is -0.983. The van der Waals surface area contributed by atoms with Crippen LogP contribution >= 0.6 is 35.3 Å². The van der Waals surface area contributed by atoms with Crippen LogP contribution < -0.4 is 9.47 Å². The molecule has 1 aromatic heterocycles. The summed E-state index contributed by atoms with van der Waals surface area (Å²) in [5.74, 6) is 0.901. The van der Waals surface area contributed by atoms with E-state index in [-0.39, 0.29) is 28.9 Å². The molecule has 0 spiro atoms. The van der Waals surface area contributed by atoms with Crippen molar-refractivity contribution in [2.24, 2.45) is 11.8 Å². The van der Waals surface area contributed by atoms with Crippen molar-refractivity contribution in [1.82, 2.24) is 4.98 Å². The lowest BCUT2D eigenvalue weighted by molar-refractivity contribution is 0.0701. The first-order valence-electron chi connectivity index (χ1n) is 11.5. The molecule has 3 aromatic rings. The van der Waals surface area contributed by atoms with Gasteiger partial charge in [-0.3, -0.25) is 0 Å². The highest BCUT2D eigenvalue weighted by Gasteiger charge is 2.16. The van der Waals surface area contributed by atoms with Gasteiger partial charge >= 0.3 is 5.97 Å². The summed E-state index contributed by atoms with van der Waals surface area (Å²) >= 11 is 1.11. The summed E-state index contributed by atoms with van der Waals surface area (Å²) in [4.78, 5) is 22.4. The van der Waals surface area contributed by atoms with Gasteiger partial charge < -0.3 is 14.6 Å². The largest absolute Gasteiger partial charge is 0.504 e. The van der Waals surface area contributed by atoms with Gasteiger partial charge in [0.2, 0.25) is 11.4 Å². The molecular weight excluding hydrogens is 615 g/mol. The predicted octanol–water partition coefficient (Wildman–Crippen LogP) is 8.16. The second-order valence-electron chi connectivity index (χ2n) is 8.85. The first-order valence-corrected chi connectivity index (χ1v) is 12.3. The Balaban J connectivity index is 0.000000397. The number of hydrogen-bond donors (Lipinski definition) is 1. The number of nitrogens with zero attached hydrogens (tertiary/aromatic N) is 4. The van der Waals surface area contributed by atoms with E-state index in [4.69, 9.17) is 33.0 Å². The number of aromatic carboxylic acids is 1. The fourth-order valence-corrected chi connectivity index (χ4v) is 3.79. The number of carbonyl (C=O) groups is 1. The Hall–Kier alpha value is -3.66. The fraction of sp³-hybridized carbons (Fsp3) is 0.321. The molecule has 0 aliphatic heterocycles. The van der Waals surface area contributed by atoms with E-state index in [9.17, 15) is 4.79 Å². The van der Waals surface area contributed by atoms with Gasteiger partial charge in [-0.05, 0) is 49.1 Å². The molecule has 0 saturated carbocycles. The highest BCUT2D eigenvalue weighted by atomic mass is 127. The maximum atomic E-state index is 11.1. The lowest BCUT2D eigenvalue weighted by Gasteiger charge is -2.10. The van der Waals surface area contributed by atoms with Crippen LogP contribution in [0.15, 0.2) is 36.4 Å². The fourth-order valence-electron chi connectivity index (χ4n) is 2.89. The van der Waals surface area contributed by atoms with Gasteiger partial charge in [0.1, 0.15) is 21.4 Å². The number of hydrogen-bond acceptors (Lipinski definition) is 6. The first kappa shape index (κ1) is 32.4. The number of aryl methyl sites for hydroxylation is 1. The second-order valence-corrected chi connectivity index (χ2v) is 9.85. The van der Waals surface area contributed by atoms with Crippen molar-refractivity contribution in [1.29, 1.82) is 5.26 Å². The van der Waals surface area contributed by atoms with E-state index >= 15 is 0 Å². The quantitative estimate of drug-likeness (QED) is 0.196. The van der Waals surface area contributed by atoms with E-state index < -0.39 is 5.97 Å². The molecule has 0 aliphatic carbocycles. The zero-order chi connectivity index (χ0) is 27.5. The van der Waals surface area contributed by atoms with Crippen molar-refractivity contribution < 1.29 is 19.4 Å². The molecular formula is C28H29IN4O4S. The minimum Gasteiger partial charge on any atom is -0.504 e. The van der Waals surface area contributed by atoms with E-state index in [0.717, 1.165) is 16.9 Å². The molecule has 0 aliphatic rings. The zero-order valence-electron chi connectivity index (χ0n) is 21.8. The van der Waals surface area contributed by atoms with Crippen LogP contribution in [0.3, 0.4) is 0 Å². The van der Waals surface area contributed by atoms with Crippen LogP contribution in [0.25, 0.3) is 20.3 Å². The van der Waals surface area contributed by atoms with Gasteiger partial charge in [0.15, 0.2) is 0 Å². The van der Waals surface area contributed by atoms with E-state index in [1.54, 1.807) is 43.3 Å². The van der Waals surface area contributed by atoms with Crippen LogP contribution in [0, 0.1) is 43.2 Å². The van der Waals surface area contributed by atoms with Crippen LogP contribution in [0.2, 0.25) is 0 Å². The Morgan fingerprint density at radius 1 is 1.03 bits per heavy atom. The number of nitriles is 1. The Morgan fingerprint density at radius 2 is 1.55 bits per heavy atom. The number of aromatic nitrogens is 1. The van der Waals surface area contributed by atoms with Gasteiger partial charge in [-0.15, -0.1) is 35.3 Å². The van der Waals surface area contributed by atoms with Gasteiger partial charge in [-0.25, -0.2) is 19.5 Å². The molecule has 198 valence electrons. The van der Waals surface area contributed by atoms with Crippen LogP contribution in [0.5, 0.6) is 11.5 Å². The zero-order valence-corrected chi connectivity index (χ0v) is 25.0. The number of carboxylic acid groups (broad SMARTS) is 1. The number of benzene rings is 2. The summed E-state index contributed by atoms with van der Waals surface area (Å²) in [7, 11) is 0. The maximum Gasteiger partial charge on any atom is 0.347 e.